The van der Waals surface area contributed by atoms with Crippen LogP contribution in [-0.4, -0.2) is 15.1 Å². The molecule has 2 heterocycles. The lowest BCUT2D eigenvalue weighted by molar-refractivity contribution is 0.223. The molecule has 2 aromatic heterocycles. The van der Waals surface area contributed by atoms with Crippen molar-refractivity contribution in [1.82, 2.24) is 9.97 Å². The summed E-state index contributed by atoms with van der Waals surface area (Å²) in [6.07, 6.45) is 2.70. The number of hydrogen-bond acceptors (Lipinski definition) is 4. The summed E-state index contributed by atoms with van der Waals surface area (Å²) in [6.45, 7) is 0. The number of aliphatic hydroxyl groups is 1. The molecule has 0 fully saturated rings. The zero-order valence-corrected chi connectivity index (χ0v) is 9.49. The molecule has 2 rings (SSSR count). The van der Waals surface area contributed by atoms with Gasteiger partial charge in [-0.15, -0.1) is 11.3 Å². The number of thiazole rings is 1. The zero-order valence-electron chi connectivity index (χ0n) is 7.09. The first kappa shape index (κ1) is 9.76. The van der Waals surface area contributed by atoms with Gasteiger partial charge in [-0.2, -0.15) is 0 Å². The maximum absolute atomic E-state index is 9.97. The highest BCUT2D eigenvalue weighted by Gasteiger charge is 2.15. The van der Waals surface area contributed by atoms with Crippen molar-refractivity contribution >= 4 is 27.3 Å². The molecular formula is C9H7BrN2OS. The van der Waals surface area contributed by atoms with E-state index in [-0.39, 0.29) is 0 Å². The molecule has 0 aliphatic carbocycles. The van der Waals surface area contributed by atoms with Gasteiger partial charge in [0.25, 0.3) is 0 Å². The topological polar surface area (TPSA) is 46.0 Å². The Morgan fingerprint density at radius 3 is 2.64 bits per heavy atom. The van der Waals surface area contributed by atoms with Gasteiger partial charge in [0.1, 0.15) is 10.7 Å². The molecule has 0 saturated carbocycles. The number of nitrogens with zero attached hydrogens (tertiary/aromatic N) is 2. The van der Waals surface area contributed by atoms with Crippen molar-refractivity contribution in [1.29, 1.82) is 0 Å². The maximum Gasteiger partial charge on any atom is 0.123 e. The zero-order chi connectivity index (χ0) is 9.97. The van der Waals surface area contributed by atoms with Crippen LogP contribution in [0.2, 0.25) is 0 Å². The predicted molar refractivity (Wildman–Crippen MR) is 58.1 cm³/mol. The van der Waals surface area contributed by atoms with Crippen LogP contribution in [-0.2, 0) is 0 Å². The van der Waals surface area contributed by atoms with Gasteiger partial charge in [0.15, 0.2) is 0 Å². The van der Waals surface area contributed by atoms with E-state index in [9.17, 15) is 5.11 Å². The number of aliphatic hydroxyl groups excluding tert-OH is 1. The molecule has 14 heavy (non-hydrogen) atoms. The first-order valence-electron chi connectivity index (χ1n) is 3.96. The smallest absolute Gasteiger partial charge is 0.123 e. The van der Waals surface area contributed by atoms with Gasteiger partial charge in [0, 0.05) is 12.4 Å². The summed E-state index contributed by atoms with van der Waals surface area (Å²) < 4.78 is 0.701. The highest BCUT2D eigenvalue weighted by atomic mass is 79.9. The monoisotopic (exact) mass is 270 g/mol. The van der Waals surface area contributed by atoms with Gasteiger partial charge in [-0.1, -0.05) is 0 Å². The Morgan fingerprint density at radius 2 is 2.07 bits per heavy atom. The van der Waals surface area contributed by atoms with Crippen LogP contribution in [0.3, 0.4) is 0 Å². The minimum absolute atomic E-state index is 0.625. The van der Waals surface area contributed by atoms with Crippen molar-refractivity contribution in [3.8, 4) is 0 Å². The lowest BCUT2D eigenvalue weighted by Crippen LogP contribution is -1.97. The summed E-state index contributed by atoms with van der Waals surface area (Å²) in [5, 5.41) is 9.97. The predicted octanol–water partition coefficient (Wildman–Crippen LogP) is 2.38. The summed E-state index contributed by atoms with van der Waals surface area (Å²) in [5.74, 6) is 0. The fraction of sp³-hybridized carbons (Fsp3) is 0.111. The van der Waals surface area contributed by atoms with E-state index in [1.807, 2.05) is 0 Å². The Labute approximate surface area is 93.6 Å². The molecule has 5 heteroatoms. The first-order chi connectivity index (χ1) is 6.79. The Hall–Kier alpha value is -0.780. The van der Waals surface area contributed by atoms with Crippen LogP contribution in [0.1, 0.15) is 16.5 Å². The molecule has 3 nitrogen and oxygen atoms in total. The molecule has 0 aromatic carbocycles. The molecule has 0 bridgehead atoms. The standard InChI is InChI=1S/C9H7BrN2OS/c10-9-8(14-5-12-9)7(13)6-1-3-11-4-2-6/h1-5,7,13H. The number of pyridine rings is 1. The molecule has 1 atom stereocenters. The second-order valence-corrected chi connectivity index (χ2v) is 4.33. The van der Waals surface area contributed by atoms with E-state index in [4.69, 9.17) is 0 Å². The Morgan fingerprint density at radius 1 is 1.36 bits per heavy atom. The van der Waals surface area contributed by atoms with E-state index in [1.165, 1.54) is 11.3 Å². The van der Waals surface area contributed by atoms with Crippen molar-refractivity contribution in [3.05, 3.63) is 45.1 Å². The maximum atomic E-state index is 9.97. The summed E-state index contributed by atoms with van der Waals surface area (Å²) in [7, 11) is 0. The molecule has 1 N–H and O–H groups in total. The SMILES string of the molecule is OC(c1ccncc1)c1scnc1Br. The van der Waals surface area contributed by atoms with E-state index in [2.05, 4.69) is 25.9 Å². The van der Waals surface area contributed by atoms with Crippen molar-refractivity contribution in [2.24, 2.45) is 0 Å². The third-order valence-corrected chi connectivity index (χ3v) is 3.59. The number of hydrogen-bond donors (Lipinski definition) is 1. The highest BCUT2D eigenvalue weighted by molar-refractivity contribution is 9.10. The first-order valence-corrected chi connectivity index (χ1v) is 5.63. The van der Waals surface area contributed by atoms with Gasteiger partial charge < -0.3 is 5.11 Å². The van der Waals surface area contributed by atoms with E-state index in [0.717, 1.165) is 10.4 Å². The van der Waals surface area contributed by atoms with Crippen molar-refractivity contribution in [3.63, 3.8) is 0 Å². The normalized spacial score (nSPS) is 12.7. The molecule has 72 valence electrons. The minimum atomic E-state index is -0.625. The van der Waals surface area contributed by atoms with Crippen LogP contribution >= 0.6 is 27.3 Å². The fourth-order valence-electron chi connectivity index (χ4n) is 1.12. The Kier molecular flexibility index (Phi) is 2.90. The molecule has 2 aromatic rings. The number of aromatic nitrogens is 2. The number of halogens is 1. The van der Waals surface area contributed by atoms with E-state index < -0.39 is 6.10 Å². The van der Waals surface area contributed by atoms with Gasteiger partial charge in [0.2, 0.25) is 0 Å². The summed E-state index contributed by atoms with van der Waals surface area (Å²) in [4.78, 5) is 8.74. The summed E-state index contributed by atoms with van der Waals surface area (Å²) in [6, 6.07) is 3.58. The molecule has 1 unspecified atom stereocenters. The molecule has 0 aliphatic heterocycles. The second kappa shape index (κ2) is 4.16. The van der Waals surface area contributed by atoms with E-state index >= 15 is 0 Å². The molecule has 0 spiro atoms. The van der Waals surface area contributed by atoms with Gasteiger partial charge >= 0.3 is 0 Å². The average molecular weight is 271 g/mol. The van der Waals surface area contributed by atoms with Gasteiger partial charge in [-0.05, 0) is 33.6 Å². The summed E-state index contributed by atoms with van der Waals surface area (Å²) >= 11 is 4.71. The van der Waals surface area contributed by atoms with Crippen molar-refractivity contribution in [2.75, 3.05) is 0 Å². The molecule has 0 amide bonds. The van der Waals surface area contributed by atoms with Crippen molar-refractivity contribution in [2.45, 2.75) is 6.10 Å². The highest BCUT2D eigenvalue weighted by Crippen LogP contribution is 2.30. The fourth-order valence-corrected chi connectivity index (χ4v) is 2.54. The van der Waals surface area contributed by atoms with Crippen LogP contribution in [0, 0.1) is 0 Å². The average Bonchev–Trinajstić information content (AvgIpc) is 2.65. The van der Waals surface area contributed by atoms with E-state index in [0.29, 0.717) is 4.60 Å². The molecule has 0 radical (unpaired) electrons. The van der Waals surface area contributed by atoms with Crippen molar-refractivity contribution < 1.29 is 5.11 Å². The number of rotatable bonds is 2. The lowest BCUT2D eigenvalue weighted by atomic mass is 10.1. The van der Waals surface area contributed by atoms with Gasteiger partial charge in [-0.3, -0.25) is 4.98 Å². The van der Waals surface area contributed by atoms with Crippen LogP contribution in [0.15, 0.2) is 34.6 Å². The van der Waals surface area contributed by atoms with Crippen LogP contribution in [0.25, 0.3) is 0 Å². The third-order valence-electron chi connectivity index (χ3n) is 1.82. The lowest BCUT2D eigenvalue weighted by Gasteiger charge is -2.07. The third kappa shape index (κ3) is 1.84. The molecule has 0 aliphatic rings. The Bertz CT molecular complexity index is 418. The minimum Gasteiger partial charge on any atom is -0.383 e. The Balaban J connectivity index is 2.34. The molecular weight excluding hydrogens is 264 g/mol. The molecule has 0 saturated heterocycles. The van der Waals surface area contributed by atoms with Crippen LogP contribution in [0.5, 0.6) is 0 Å². The quantitative estimate of drug-likeness (QED) is 0.912. The second-order valence-electron chi connectivity index (χ2n) is 2.69. The van der Waals surface area contributed by atoms with E-state index in [1.54, 1.807) is 30.0 Å². The van der Waals surface area contributed by atoms with Gasteiger partial charge in [0.05, 0.1) is 10.4 Å². The summed E-state index contributed by atoms with van der Waals surface area (Å²) in [5.41, 5.74) is 2.52. The van der Waals surface area contributed by atoms with Gasteiger partial charge in [-0.25, -0.2) is 4.98 Å². The largest absolute Gasteiger partial charge is 0.383 e. The van der Waals surface area contributed by atoms with Crippen LogP contribution in [0.4, 0.5) is 0 Å². The van der Waals surface area contributed by atoms with Crippen LogP contribution < -0.4 is 0 Å².